The van der Waals surface area contributed by atoms with Crippen LogP contribution in [-0.4, -0.2) is 39.7 Å². The van der Waals surface area contributed by atoms with Crippen molar-refractivity contribution in [1.29, 1.82) is 0 Å². The van der Waals surface area contributed by atoms with Crippen molar-refractivity contribution in [1.82, 2.24) is 10.2 Å². The number of methoxy groups -OCH3 is 1. The molecule has 0 aliphatic carbocycles. The number of hydrogen-bond donors (Lipinski definition) is 1. The molecule has 0 amide bonds. The molecule has 1 rings (SSSR count). The summed E-state index contributed by atoms with van der Waals surface area (Å²) < 4.78 is 18.6. The van der Waals surface area contributed by atoms with Gasteiger partial charge in [0.05, 0.1) is 7.11 Å². The van der Waals surface area contributed by atoms with Gasteiger partial charge in [-0.25, -0.2) is 4.39 Å². The number of benzene rings is 1. The second kappa shape index (κ2) is 6.57. The van der Waals surface area contributed by atoms with Crippen LogP contribution in [0.4, 0.5) is 4.39 Å². The van der Waals surface area contributed by atoms with E-state index < -0.39 is 0 Å². The van der Waals surface area contributed by atoms with Crippen molar-refractivity contribution in [3.05, 3.63) is 29.6 Å². The summed E-state index contributed by atoms with van der Waals surface area (Å²) in [5.74, 6) is -0.0128. The van der Waals surface area contributed by atoms with Gasteiger partial charge in [0.1, 0.15) is 0 Å². The summed E-state index contributed by atoms with van der Waals surface area (Å²) in [5, 5.41) is 3.11. The minimum Gasteiger partial charge on any atom is -0.494 e. The first kappa shape index (κ1) is 13.9. The van der Waals surface area contributed by atoms with Gasteiger partial charge in [-0.2, -0.15) is 0 Å². The van der Waals surface area contributed by atoms with E-state index in [9.17, 15) is 4.39 Å². The first-order chi connectivity index (χ1) is 8.10. The molecule has 1 N–H and O–H groups in total. The molecule has 1 atom stereocenters. The molecule has 1 unspecified atom stereocenters. The summed E-state index contributed by atoms with van der Waals surface area (Å²) in [6, 6.07) is 5.37. The zero-order valence-electron chi connectivity index (χ0n) is 11.0. The fourth-order valence-electron chi connectivity index (χ4n) is 1.89. The summed E-state index contributed by atoms with van der Waals surface area (Å²) in [6.45, 7) is 0.899. The quantitative estimate of drug-likeness (QED) is 0.823. The van der Waals surface area contributed by atoms with E-state index in [0.717, 1.165) is 18.5 Å². The summed E-state index contributed by atoms with van der Waals surface area (Å²) in [7, 11) is 7.40. The average molecular weight is 240 g/mol. The van der Waals surface area contributed by atoms with Crippen LogP contribution >= 0.6 is 0 Å². The fraction of sp³-hybridized carbons (Fsp3) is 0.538. The number of hydrogen-bond acceptors (Lipinski definition) is 3. The van der Waals surface area contributed by atoms with Crippen molar-refractivity contribution < 1.29 is 9.13 Å². The van der Waals surface area contributed by atoms with Crippen LogP contribution in [0.1, 0.15) is 18.0 Å². The molecule has 0 aliphatic rings. The summed E-state index contributed by atoms with van der Waals surface area (Å²) in [5.41, 5.74) is 0.976. The van der Waals surface area contributed by atoms with Crippen molar-refractivity contribution in [2.45, 2.75) is 12.5 Å². The van der Waals surface area contributed by atoms with Gasteiger partial charge in [0.2, 0.25) is 0 Å². The Labute approximate surface area is 103 Å². The van der Waals surface area contributed by atoms with Gasteiger partial charge in [-0.15, -0.1) is 0 Å². The maximum atomic E-state index is 13.6. The molecule has 1 aromatic rings. The number of rotatable bonds is 6. The van der Waals surface area contributed by atoms with E-state index in [1.807, 2.05) is 27.2 Å². The lowest BCUT2D eigenvalue weighted by Crippen LogP contribution is -2.24. The maximum absolute atomic E-state index is 13.6. The van der Waals surface area contributed by atoms with Crippen LogP contribution in [-0.2, 0) is 0 Å². The smallest absolute Gasteiger partial charge is 0.165 e. The lowest BCUT2D eigenvalue weighted by Gasteiger charge is -2.25. The molecule has 0 saturated carbocycles. The Morgan fingerprint density at radius 2 is 2.12 bits per heavy atom. The Morgan fingerprint density at radius 3 is 2.59 bits per heavy atom. The third-order valence-electron chi connectivity index (χ3n) is 2.85. The molecule has 0 fully saturated rings. The predicted octanol–water partition coefficient (Wildman–Crippen LogP) is 2.05. The fourth-order valence-corrected chi connectivity index (χ4v) is 1.89. The maximum Gasteiger partial charge on any atom is 0.165 e. The standard InChI is InChI=1S/C13H21FN2O/c1-15-8-7-12(16(2)3)10-5-6-13(17-4)11(14)9-10/h5-6,9,12,15H,7-8H2,1-4H3. The van der Waals surface area contributed by atoms with E-state index in [2.05, 4.69) is 10.2 Å². The first-order valence-corrected chi connectivity index (χ1v) is 5.74. The first-order valence-electron chi connectivity index (χ1n) is 5.74. The molecule has 0 spiro atoms. The molecule has 0 aromatic heterocycles. The molecule has 3 nitrogen and oxygen atoms in total. The van der Waals surface area contributed by atoms with Crippen molar-refractivity contribution >= 4 is 0 Å². The highest BCUT2D eigenvalue weighted by atomic mass is 19.1. The molecular formula is C13H21FN2O. The van der Waals surface area contributed by atoms with Gasteiger partial charge in [-0.05, 0) is 51.8 Å². The van der Waals surface area contributed by atoms with Crippen LogP contribution in [0.2, 0.25) is 0 Å². The van der Waals surface area contributed by atoms with Crippen LogP contribution in [0.5, 0.6) is 5.75 Å². The van der Waals surface area contributed by atoms with Crippen molar-refractivity contribution in [2.24, 2.45) is 0 Å². The van der Waals surface area contributed by atoms with Gasteiger partial charge in [0.25, 0.3) is 0 Å². The zero-order chi connectivity index (χ0) is 12.8. The van der Waals surface area contributed by atoms with Crippen LogP contribution in [0.15, 0.2) is 18.2 Å². The normalized spacial score (nSPS) is 12.8. The lowest BCUT2D eigenvalue weighted by molar-refractivity contribution is 0.281. The molecule has 0 aliphatic heterocycles. The van der Waals surface area contributed by atoms with Gasteiger partial charge < -0.3 is 15.0 Å². The summed E-state index contributed by atoms with van der Waals surface area (Å²) in [6.07, 6.45) is 0.940. The molecule has 0 heterocycles. The highest BCUT2D eigenvalue weighted by molar-refractivity contribution is 5.31. The zero-order valence-corrected chi connectivity index (χ0v) is 11.0. The highest BCUT2D eigenvalue weighted by Gasteiger charge is 2.15. The highest BCUT2D eigenvalue weighted by Crippen LogP contribution is 2.26. The summed E-state index contributed by atoms with van der Waals surface area (Å²) in [4.78, 5) is 2.10. The monoisotopic (exact) mass is 240 g/mol. The van der Waals surface area contributed by atoms with Crippen LogP contribution < -0.4 is 10.1 Å². The van der Waals surface area contributed by atoms with Crippen molar-refractivity contribution in [3.63, 3.8) is 0 Å². The van der Waals surface area contributed by atoms with E-state index in [4.69, 9.17) is 4.74 Å². The van der Waals surface area contributed by atoms with Crippen LogP contribution in [0, 0.1) is 5.82 Å². The summed E-state index contributed by atoms with van der Waals surface area (Å²) >= 11 is 0. The Hall–Kier alpha value is -1.13. The Bertz CT molecular complexity index is 355. The minimum atomic E-state index is -0.304. The van der Waals surface area contributed by atoms with Gasteiger partial charge >= 0.3 is 0 Å². The number of halogens is 1. The SMILES string of the molecule is CNCCC(c1ccc(OC)c(F)c1)N(C)C. The van der Waals surface area contributed by atoms with E-state index in [-0.39, 0.29) is 11.9 Å². The molecule has 0 bridgehead atoms. The molecule has 4 heteroatoms. The minimum absolute atomic E-state index is 0.211. The molecule has 0 saturated heterocycles. The Kier molecular flexibility index (Phi) is 5.38. The van der Waals surface area contributed by atoms with E-state index in [0.29, 0.717) is 5.75 Å². The second-order valence-corrected chi connectivity index (χ2v) is 4.27. The van der Waals surface area contributed by atoms with Crippen molar-refractivity contribution in [3.8, 4) is 5.75 Å². The van der Waals surface area contributed by atoms with Gasteiger partial charge in [0.15, 0.2) is 11.6 Å². The number of nitrogens with one attached hydrogen (secondary N) is 1. The largest absolute Gasteiger partial charge is 0.494 e. The molecule has 96 valence electrons. The molecule has 1 aromatic carbocycles. The number of nitrogens with zero attached hydrogens (tertiary/aromatic N) is 1. The van der Waals surface area contributed by atoms with Gasteiger partial charge in [-0.3, -0.25) is 0 Å². The van der Waals surface area contributed by atoms with E-state index in [1.54, 1.807) is 12.1 Å². The molecule has 17 heavy (non-hydrogen) atoms. The van der Waals surface area contributed by atoms with Crippen molar-refractivity contribution in [2.75, 3.05) is 34.8 Å². The average Bonchev–Trinajstić information content (AvgIpc) is 2.29. The van der Waals surface area contributed by atoms with E-state index in [1.165, 1.54) is 7.11 Å². The van der Waals surface area contributed by atoms with Crippen LogP contribution in [0.3, 0.4) is 0 Å². The topological polar surface area (TPSA) is 24.5 Å². The Morgan fingerprint density at radius 1 is 1.41 bits per heavy atom. The van der Waals surface area contributed by atoms with E-state index >= 15 is 0 Å². The van der Waals surface area contributed by atoms with Crippen LogP contribution in [0.25, 0.3) is 0 Å². The third-order valence-corrected chi connectivity index (χ3v) is 2.85. The van der Waals surface area contributed by atoms with Gasteiger partial charge in [0, 0.05) is 6.04 Å². The predicted molar refractivity (Wildman–Crippen MR) is 67.9 cm³/mol. The number of ether oxygens (including phenoxy) is 1. The third kappa shape index (κ3) is 3.68. The molecular weight excluding hydrogens is 219 g/mol. The lowest BCUT2D eigenvalue weighted by atomic mass is 10.0. The molecule has 0 radical (unpaired) electrons. The second-order valence-electron chi connectivity index (χ2n) is 4.27. The Balaban J connectivity index is 2.90. The van der Waals surface area contributed by atoms with Gasteiger partial charge in [-0.1, -0.05) is 6.07 Å².